The largest absolute Gasteiger partial charge is 0.488 e. The number of aliphatic imine (C=N–C) groups is 1. The summed E-state index contributed by atoms with van der Waals surface area (Å²) in [7, 11) is 1.83. The second kappa shape index (κ2) is 11.7. The Kier molecular flexibility index (Phi) is 9.68. The number of guanidine groups is 1. The fourth-order valence-corrected chi connectivity index (χ4v) is 3.94. The van der Waals surface area contributed by atoms with Crippen LogP contribution in [0.1, 0.15) is 44.6 Å². The van der Waals surface area contributed by atoms with Gasteiger partial charge in [0.05, 0.1) is 6.54 Å². The van der Waals surface area contributed by atoms with Crippen molar-refractivity contribution in [2.24, 2.45) is 4.99 Å². The number of rotatable bonds is 7. The van der Waals surface area contributed by atoms with Crippen molar-refractivity contribution in [1.29, 1.82) is 0 Å². The molecule has 27 heavy (non-hydrogen) atoms. The topological polar surface area (TPSA) is 48.9 Å². The second-order valence-corrected chi connectivity index (χ2v) is 7.52. The van der Waals surface area contributed by atoms with Crippen LogP contribution in [0.3, 0.4) is 0 Å². The van der Waals surface area contributed by atoms with Gasteiger partial charge in [-0.15, -0.1) is 24.0 Å². The molecule has 1 saturated heterocycles. The van der Waals surface area contributed by atoms with Gasteiger partial charge in [-0.05, 0) is 57.3 Å². The van der Waals surface area contributed by atoms with Gasteiger partial charge in [0, 0.05) is 26.1 Å². The lowest BCUT2D eigenvalue weighted by Gasteiger charge is -2.33. The number of piperidine rings is 1. The molecule has 2 atom stereocenters. The van der Waals surface area contributed by atoms with Crippen LogP contribution in [-0.4, -0.2) is 56.2 Å². The molecule has 0 aromatic heterocycles. The molecular weight excluding hydrogens is 451 g/mol. The number of hydrogen-bond donors (Lipinski definition) is 2. The highest BCUT2D eigenvalue weighted by Gasteiger charge is 2.22. The van der Waals surface area contributed by atoms with Crippen molar-refractivity contribution in [3.05, 3.63) is 29.8 Å². The normalized spacial score (nSPS) is 22.5. The Morgan fingerprint density at radius 2 is 2.07 bits per heavy atom. The first-order valence-corrected chi connectivity index (χ1v) is 10.2. The summed E-state index contributed by atoms with van der Waals surface area (Å²) in [5.74, 6) is 1.89. The summed E-state index contributed by atoms with van der Waals surface area (Å²) in [4.78, 5) is 6.97. The highest BCUT2D eigenvalue weighted by Crippen LogP contribution is 2.27. The van der Waals surface area contributed by atoms with Crippen LogP contribution in [-0.2, 0) is 6.42 Å². The van der Waals surface area contributed by atoms with E-state index in [1.54, 1.807) is 0 Å². The van der Waals surface area contributed by atoms with Crippen LogP contribution in [0.4, 0.5) is 0 Å². The molecule has 2 unspecified atom stereocenters. The van der Waals surface area contributed by atoms with Crippen molar-refractivity contribution in [3.63, 3.8) is 0 Å². The molecule has 5 nitrogen and oxygen atoms in total. The van der Waals surface area contributed by atoms with Gasteiger partial charge in [-0.25, -0.2) is 0 Å². The van der Waals surface area contributed by atoms with Crippen molar-refractivity contribution in [3.8, 4) is 5.75 Å². The monoisotopic (exact) mass is 486 g/mol. The van der Waals surface area contributed by atoms with Gasteiger partial charge in [0.25, 0.3) is 0 Å². The summed E-state index contributed by atoms with van der Waals surface area (Å²) >= 11 is 0. The third kappa shape index (κ3) is 6.82. The molecule has 1 aromatic rings. The van der Waals surface area contributed by atoms with E-state index >= 15 is 0 Å². The van der Waals surface area contributed by atoms with Crippen LogP contribution in [0.2, 0.25) is 0 Å². The Morgan fingerprint density at radius 3 is 2.85 bits per heavy atom. The van der Waals surface area contributed by atoms with Crippen LogP contribution in [0.5, 0.6) is 5.75 Å². The van der Waals surface area contributed by atoms with Gasteiger partial charge in [0.2, 0.25) is 0 Å². The zero-order chi connectivity index (χ0) is 18.2. The van der Waals surface area contributed by atoms with Crippen LogP contribution in [0, 0.1) is 0 Å². The highest BCUT2D eigenvalue weighted by molar-refractivity contribution is 14.0. The van der Waals surface area contributed by atoms with E-state index in [2.05, 4.69) is 39.6 Å². The number of ether oxygens (including phenoxy) is 1. The Balaban J connectivity index is 0.00000261. The molecule has 0 amide bonds. The number of halogens is 1. The third-order valence-corrected chi connectivity index (χ3v) is 5.54. The number of para-hydroxylation sites is 1. The average molecular weight is 486 g/mol. The lowest BCUT2D eigenvalue weighted by Crippen LogP contribution is -2.42. The number of benzene rings is 1. The number of unbranched alkanes of at least 4 members (excludes halogenated alkanes) is 1. The molecule has 6 heteroatoms. The van der Waals surface area contributed by atoms with Crippen molar-refractivity contribution in [2.75, 3.05) is 33.2 Å². The summed E-state index contributed by atoms with van der Waals surface area (Å²) in [6.07, 6.45) is 7.70. The van der Waals surface area contributed by atoms with E-state index in [1.807, 2.05) is 19.2 Å². The molecule has 0 radical (unpaired) electrons. The number of nitrogens with zero attached hydrogens (tertiary/aromatic N) is 2. The Labute approximate surface area is 181 Å². The predicted molar refractivity (Wildman–Crippen MR) is 123 cm³/mol. The minimum atomic E-state index is 0. The molecule has 0 bridgehead atoms. The molecule has 2 aliphatic rings. The van der Waals surface area contributed by atoms with E-state index in [-0.39, 0.29) is 30.1 Å². The second-order valence-electron chi connectivity index (χ2n) is 7.52. The van der Waals surface area contributed by atoms with E-state index in [0.29, 0.717) is 0 Å². The zero-order valence-corrected chi connectivity index (χ0v) is 19.1. The summed E-state index contributed by atoms with van der Waals surface area (Å²) in [6, 6.07) is 9.06. The number of fused-ring (bicyclic) bond motifs is 1. The first-order chi connectivity index (χ1) is 12.8. The first kappa shape index (κ1) is 22.3. The molecule has 0 aliphatic carbocycles. The van der Waals surface area contributed by atoms with Gasteiger partial charge in [-0.1, -0.05) is 24.6 Å². The molecule has 2 heterocycles. The SMILES string of the molecule is CN=C(NCCCCN1CCCCC1C)NCC1Cc2ccccc2O1.I. The molecule has 1 aromatic carbocycles. The molecule has 2 aliphatic heterocycles. The van der Waals surface area contributed by atoms with E-state index in [0.717, 1.165) is 37.3 Å². The third-order valence-electron chi connectivity index (χ3n) is 5.54. The molecule has 3 rings (SSSR count). The highest BCUT2D eigenvalue weighted by atomic mass is 127. The standard InChI is InChI=1S/C21H34N4O.HI/c1-17-9-5-7-13-25(17)14-8-6-12-23-21(22-2)24-16-19-15-18-10-3-4-11-20(18)26-19;/h3-4,10-11,17,19H,5-9,12-16H2,1-2H3,(H2,22,23,24);1H. The Morgan fingerprint density at radius 1 is 1.22 bits per heavy atom. The smallest absolute Gasteiger partial charge is 0.191 e. The number of hydrogen-bond acceptors (Lipinski definition) is 3. The molecule has 0 spiro atoms. The molecule has 152 valence electrons. The maximum atomic E-state index is 5.97. The maximum absolute atomic E-state index is 5.97. The van der Waals surface area contributed by atoms with E-state index in [4.69, 9.17) is 4.74 Å². The molecule has 2 N–H and O–H groups in total. The molecule has 1 fully saturated rings. The van der Waals surface area contributed by atoms with E-state index in [9.17, 15) is 0 Å². The zero-order valence-electron chi connectivity index (χ0n) is 16.7. The van der Waals surface area contributed by atoms with E-state index in [1.165, 1.54) is 50.8 Å². The van der Waals surface area contributed by atoms with Crippen molar-refractivity contribution >= 4 is 29.9 Å². The Hall–Kier alpha value is -1.02. The summed E-state index contributed by atoms with van der Waals surface area (Å²) in [5, 5.41) is 6.83. The van der Waals surface area contributed by atoms with Crippen molar-refractivity contribution < 1.29 is 4.74 Å². The summed E-state index contributed by atoms with van der Waals surface area (Å²) < 4.78 is 5.97. The van der Waals surface area contributed by atoms with Gasteiger partial charge in [0.1, 0.15) is 11.9 Å². The lowest BCUT2D eigenvalue weighted by molar-refractivity contribution is 0.158. The number of likely N-dealkylation sites (tertiary alicyclic amines) is 1. The molecule has 0 saturated carbocycles. The van der Waals surface area contributed by atoms with E-state index < -0.39 is 0 Å². The van der Waals surface area contributed by atoms with Crippen molar-refractivity contribution in [2.45, 2.75) is 57.6 Å². The number of nitrogens with one attached hydrogen (secondary N) is 2. The predicted octanol–water partition coefficient (Wildman–Crippen LogP) is 3.43. The van der Waals surface area contributed by atoms with Crippen molar-refractivity contribution in [1.82, 2.24) is 15.5 Å². The summed E-state index contributed by atoms with van der Waals surface area (Å²) in [5.41, 5.74) is 1.30. The average Bonchev–Trinajstić information content (AvgIpc) is 3.08. The first-order valence-electron chi connectivity index (χ1n) is 10.2. The van der Waals surface area contributed by atoms with Crippen LogP contribution in [0.15, 0.2) is 29.3 Å². The maximum Gasteiger partial charge on any atom is 0.191 e. The van der Waals surface area contributed by atoms with Gasteiger partial charge >= 0.3 is 0 Å². The van der Waals surface area contributed by atoms with Crippen LogP contribution >= 0.6 is 24.0 Å². The van der Waals surface area contributed by atoms with Crippen LogP contribution < -0.4 is 15.4 Å². The fourth-order valence-electron chi connectivity index (χ4n) is 3.94. The fraction of sp³-hybridized carbons (Fsp3) is 0.667. The van der Waals surface area contributed by atoms with Gasteiger partial charge in [-0.3, -0.25) is 4.99 Å². The van der Waals surface area contributed by atoms with Crippen LogP contribution in [0.25, 0.3) is 0 Å². The van der Waals surface area contributed by atoms with Gasteiger partial charge in [0.15, 0.2) is 5.96 Å². The van der Waals surface area contributed by atoms with Gasteiger partial charge < -0.3 is 20.3 Å². The minimum absolute atomic E-state index is 0. The lowest BCUT2D eigenvalue weighted by atomic mass is 10.0. The summed E-state index contributed by atoms with van der Waals surface area (Å²) in [6.45, 7) is 6.62. The molecular formula is C21H35IN4O. The van der Waals surface area contributed by atoms with Gasteiger partial charge in [-0.2, -0.15) is 0 Å². The Bertz CT molecular complexity index is 570. The quantitative estimate of drug-likeness (QED) is 0.269. The minimum Gasteiger partial charge on any atom is -0.488 e.